The Morgan fingerprint density at radius 2 is 1.35 bits per heavy atom. The minimum atomic E-state index is 0.709. The molecular weight excluding hydrogens is 568 g/mol. The molecule has 0 unspecified atom stereocenters. The van der Waals surface area contributed by atoms with Crippen LogP contribution in [0.2, 0.25) is 5.02 Å². The van der Waals surface area contributed by atoms with E-state index in [1.165, 1.54) is 28.8 Å². The molecule has 0 radical (unpaired) electrons. The third-order valence-corrected chi connectivity index (χ3v) is 9.60. The molecule has 0 N–H and O–H groups in total. The lowest BCUT2D eigenvalue weighted by molar-refractivity contribution is 0.691. The highest BCUT2D eigenvalue weighted by Gasteiger charge is 2.24. The van der Waals surface area contributed by atoms with E-state index in [0.717, 1.165) is 57.3 Å². The van der Waals surface area contributed by atoms with Gasteiger partial charge >= 0.3 is 0 Å². The number of rotatable bonds is 6. The largest absolute Gasteiger partial charge is 0.313 e. The van der Waals surface area contributed by atoms with Gasteiger partial charge in [0.2, 0.25) is 0 Å². The molecule has 0 spiro atoms. The van der Waals surface area contributed by atoms with Gasteiger partial charge in [-0.3, -0.25) is 4.40 Å². The molecule has 5 aromatic carbocycles. The summed E-state index contributed by atoms with van der Waals surface area (Å²) in [5, 5.41) is 0.709. The van der Waals surface area contributed by atoms with E-state index in [1.807, 2.05) is 6.07 Å². The van der Waals surface area contributed by atoms with Crippen LogP contribution in [0.5, 0.6) is 0 Å². The summed E-state index contributed by atoms with van der Waals surface area (Å²) in [4.78, 5) is 10.6. The van der Waals surface area contributed by atoms with Crippen LogP contribution in [0.25, 0.3) is 26.2 Å². The van der Waals surface area contributed by atoms with E-state index >= 15 is 0 Å². The van der Waals surface area contributed by atoms with Gasteiger partial charge in [-0.15, -0.1) is 0 Å². The number of nitrogens with zero attached hydrogens (tertiary/aromatic N) is 4. The van der Waals surface area contributed by atoms with E-state index in [-0.39, 0.29) is 0 Å². The molecule has 210 valence electrons. The molecule has 4 nitrogen and oxygen atoms in total. The van der Waals surface area contributed by atoms with Crippen molar-refractivity contribution >= 4 is 77.6 Å². The molecule has 6 heteroatoms. The van der Waals surface area contributed by atoms with Crippen LogP contribution in [0.15, 0.2) is 133 Å². The van der Waals surface area contributed by atoms with E-state index in [4.69, 9.17) is 16.6 Å². The van der Waals surface area contributed by atoms with Crippen LogP contribution in [0.4, 0.5) is 28.4 Å². The fourth-order valence-corrected chi connectivity index (χ4v) is 7.56. The normalized spacial score (nSPS) is 13.5. The summed E-state index contributed by atoms with van der Waals surface area (Å²) in [6, 6.07) is 42.4. The van der Waals surface area contributed by atoms with E-state index in [9.17, 15) is 0 Å². The third-order valence-electron chi connectivity index (χ3n) is 8.20. The maximum absolute atomic E-state index is 7.49. The van der Waals surface area contributed by atoms with Crippen LogP contribution >= 0.6 is 22.9 Å². The zero-order chi connectivity index (χ0) is 28.8. The molecule has 8 rings (SSSR count). The molecule has 0 aliphatic heterocycles. The number of anilines is 5. The van der Waals surface area contributed by atoms with Gasteiger partial charge in [-0.05, 0) is 92.4 Å². The molecule has 7 aromatic rings. The Bertz CT molecular complexity index is 2110. The van der Waals surface area contributed by atoms with Gasteiger partial charge < -0.3 is 9.80 Å². The molecule has 0 atom stereocenters. The second kappa shape index (κ2) is 10.9. The van der Waals surface area contributed by atoms with Crippen molar-refractivity contribution in [3.05, 3.63) is 138 Å². The van der Waals surface area contributed by atoms with Crippen molar-refractivity contribution < 1.29 is 0 Å². The third kappa shape index (κ3) is 4.56. The number of fused-ring (bicyclic) bond motifs is 5. The molecule has 1 aliphatic carbocycles. The molecule has 2 aromatic heterocycles. The summed E-state index contributed by atoms with van der Waals surface area (Å²) in [6.45, 7) is 0. The highest BCUT2D eigenvalue weighted by molar-refractivity contribution is 7.23. The maximum atomic E-state index is 7.49. The Kier molecular flexibility index (Phi) is 6.62. The first-order valence-electron chi connectivity index (χ1n) is 14.7. The Balaban J connectivity index is 1.33. The lowest BCUT2D eigenvalue weighted by Gasteiger charge is -2.33. The molecule has 0 amide bonds. The van der Waals surface area contributed by atoms with Crippen LogP contribution in [-0.2, 0) is 0 Å². The molecule has 0 fully saturated rings. The van der Waals surface area contributed by atoms with Crippen molar-refractivity contribution in [2.75, 3.05) is 9.80 Å². The summed E-state index contributed by atoms with van der Waals surface area (Å²) in [5.74, 6) is 0. The molecule has 0 bridgehead atoms. The number of allylic oxidation sites excluding steroid dienone is 2. The van der Waals surface area contributed by atoms with Crippen molar-refractivity contribution in [1.82, 2.24) is 9.38 Å². The van der Waals surface area contributed by atoms with Gasteiger partial charge in [0.1, 0.15) is 0 Å². The Morgan fingerprint density at radius 1 is 0.651 bits per heavy atom. The second-order valence-electron chi connectivity index (χ2n) is 10.9. The number of thiazole rings is 1. The predicted molar refractivity (Wildman–Crippen MR) is 183 cm³/mol. The minimum Gasteiger partial charge on any atom is -0.313 e. The van der Waals surface area contributed by atoms with Gasteiger partial charge in [-0.1, -0.05) is 83.6 Å². The van der Waals surface area contributed by atoms with Crippen LogP contribution < -0.4 is 9.80 Å². The summed E-state index contributed by atoms with van der Waals surface area (Å²) in [5.41, 5.74) is 9.63. The average molecular weight is 597 g/mol. The van der Waals surface area contributed by atoms with Crippen molar-refractivity contribution in [2.24, 2.45) is 0 Å². The standard InChI is InChI=1S/C37H29ClN4S/c38-36-32(40(26-13-4-1-5-14-26)27-15-6-2-7-16-27)20-12-21-33(36)41(28-17-8-3-9-18-28)29-23-24-30-34(25-29)42-31-19-10-11-22-35(31)43-37(42)39-30/h1,3-5,8-15,17-25H,2,6-7,16H2. The van der Waals surface area contributed by atoms with Crippen molar-refractivity contribution in [3.63, 3.8) is 0 Å². The Labute approximate surface area is 259 Å². The SMILES string of the molecule is Clc1c(N(C2=CCCCC2)c2ccccc2)cccc1N(c1ccccc1)c1ccc2nc3sc4ccccc4n3c2c1. The van der Waals surface area contributed by atoms with Gasteiger partial charge in [0.25, 0.3) is 0 Å². The molecular formula is C37H29ClN4S. The van der Waals surface area contributed by atoms with Gasteiger partial charge in [-0.2, -0.15) is 0 Å². The van der Waals surface area contributed by atoms with Gasteiger partial charge in [-0.25, -0.2) is 4.98 Å². The molecule has 1 aliphatic rings. The first kappa shape index (κ1) is 26.1. The first-order chi connectivity index (χ1) is 21.3. The van der Waals surface area contributed by atoms with E-state index < -0.39 is 0 Å². The number of hydrogen-bond acceptors (Lipinski definition) is 4. The zero-order valence-electron chi connectivity index (χ0n) is 23.5. The van der Waals surface area contributed by atoms with Crippen LogP contribution in [0.3, 0.4) is 0 Å². The maximum Gasteiger partial charge on any atom is 0.195 e. The lowest BCUT2D eigenvalue weighted by atomic mass is 10.0. The van der Waals surface area contributed by atoms with E-state index in [0.29, 0.717) is 5.02 Å². The number of hydrogen-bond donors (Lipinski definition) is 0. The fourth-order valence-electron chi connectivity index (χ4n) is 6.23. The van der Waals surface area contributed by atoms with Gasteiger partial charge in [0, 0.05) is 22.8 Å². The zero-order valence-corrected chi connectivity index (χ0v) is 25.1. The quantitative estimate of drug-likeness (QED) is 0.191. The van der Waals surface area contributed by atoms with Crippen LogP contribution in [-0.4, -0.2) is 9.38 Å². The second-order valence-corrected chi connectivity index (χ2v) is 12.3. The monoisotopic (exact) mass is 596 g/mol. The highest BCUT2D eigenvalue weighted by atomic mass is 35.5. The molecule has 0 saturated heterocycles. The van der Waals surface area contributed by atoms with Gasteiger partial charge in [0.05, 0.1) is 37.6 Å². The van der Waals surface area contributed by atoms with Crippen molar-refractivity contribution in [1.29, 1.82) is 0 Å². The molecule has 2 heterocycles. The number of imidazole rings is 1. The van der Waals surface area contributed by atoms with Crippen molar-refractivity contribution in [3.8, 4) is 0 Å². The summed E-state index contributed by atoms with van der Waals surface area (Å²) in [7, 11) is 0. The fraction of sp³-hybridized carbons (Fsp3) is 0.108. The number of para-hydroxylation sites is 3. The number of benzene rings is 5. The topological polar surface area (TPSA) is 23.8 Å². The smallest absolute Gasteiger partial charge is 0.195 e. The first-order valence-corrected chi connectivity index (χ1v) is 15.9. The number of aromatic nitrogens is 2. The minimum absolute atomic E-state index is 0.709. The van der Waals surface area contributed by atoms with E-state index in [1.54, 1.807) is 11.3 Å². The summed E-state index contributed by atoms with van der Waals surface area (Å²) in [6.07, 6.45) is 6.90. The molecule has 43 heavy (non-hydrogen) atoms. The summed E-state index contributed by atoms with van der Waals surface area (Å²) < 4.78 is 3.50. The van der Waals surface area contributed by atoms with Crippen LogP contribution in [0.1, 0.15) is 25.7 Å². The van der Waals surface area contributed by atoms with Gasteiger partial charge in [0.15, 0.2) is 4.96 Å². The van der Waals surface area contributed by atoms with E-state index in [2.05, 4.69) is 136 Å². The summed E-state index contributed by atoms with van der Waals surface area (Å²) >= 11 is 9.21. The van der Waals surface area contributed by atoms with Crippen LogP contribution in [0, 0.1) is 0 Å². The lowest BCUT2D eigenvalue weighted by Crippen LogP contribution is -2.19. The molecule has 0 saturated carbocycles. The average Bonchev–Trinajstić information content (AvgIpc) is 3.60. The Morgan fingerprint density at radius 3 is 2.09 bits per heavy atom. The Hall–Kier alpha value is -4.58. The predicted octanol–water partition coefficient (Wildman–Crippen LogP) is 11.4. The van der Waals surface area contributed by atoms with Crippen molar-refractivity contribution in [2.45, 2.75) is 25.7 Å². The number of halogens is 1. The highest BCUT2D eigenvalue weighted by Crippen LogP contribution is 2.46.